The summed E-state index contributed by atoms with van der Waals surface area (Å²) >= 11 is 0. The Balaban J connectivity index is 1.34. The molecule has 0 bridgehead atoms. The Bertz CT molecular complexity index is 1260. The van der Waals surface area contributed by atoms with Crippen molar-refractivity contribution in [2.45, 2.75) is 31.8 Å². The average Bonchev–Trinajstić information content (AvgIpc) is 3.51. The first-order valence-electron chi connectivity index (χ1n) is 11.1. The van der Waals surface area contributed by atoms with Crippen LogP contribution in [0.2, 0.25) is 0 Å². The van der Waals surface area contributed by atoms with E-state index < -0.39 is 0 Å². The molecule has 7 heteroatoms. The maximum atomic E-state index is 13.5. The van der Waals surface area contributed by atoms with Crippen molar-refractivity contribution in [2.75, 3.05) is 6.54 Å². The molecule has 2 aromatic carbocycles. The zero-order chi connectivity index (χ0) is 22.6. The zero-order valence-electron chi connectivity index (χ0n) is 18.1. The minimum atomic E-state index is -0.265. The fraction of sp³-hybridized carbons (Fsp3) is 0.231. The van der Waals surface area contributed by atoms with Gasteiger partial charge in [-0.05, 0) is 54.3 Å². The van der Waals surface area contributed by atoms with Crippen molar-refractivity contribution in [2.24, 2.45) is 0 Å². The van der Waals surface area contributed by atoms with Gasteiger partial charge in [0.25, 0.3) is 5.91 Å². The van der Waals surface area contributed by atoms with Crippen LogP contribution < -0.4 is 0 Å². The van der Waals surface area contributed by atoms with Crippen molar-refractivity contribution >= 4 is 5.91 Å². The smallest absolute Gasteiger partial charge is 0.254 e. The van der Waals surface area contributed by atoms with Gasteiger partial charge in [-0.1, -0.05) is 24.3 Å². The molecule has 0 saturated carbocycles. The molecule has 0 aliphatic carbocycles. The Kier molecular flexibility index (Phi) is 5.93. The molecule has 0 radical (unpaired) electrons. The van der Waals surface area contributed by atoms with Crippen LogP contribution in [0.5, 0.6) is 0 Å². The predicted molar refractivity (Wildman–Crippen MR) is 122 cm³/mol. The molecule has 1 fully saturated rings. The molecule has 1 saturated heterocycles. The monoisotopic (exact) mass is 441 g/mol. The van der Waals surface area contributed by atoms with E-state index in [2.05, 4.69) is 10.1 Å². The summed E-state index contributed by atoms with van der Waals surface area (Å²) in [4.78, 5) is 24.5. The van der Waals surface area contributed by atoms with E-state index in [0.29, 0.717) is 25.1 Å². The molecule has 166 valence electrons. The Labute approximate surface area is 191 Å². The Morgan fingerprint density at radius 2 is 1.94 bits per heavy atom. The van der Waals surface area contributed by atoms with Gasteiger partial charge in [0.05, 0.1) is 30.2 Å². The molecule has 1 aliphatic rings. The molecule has 1 unspecified atom stereocenters. The van der Waals surface area contributed by atoms with Crippen LogP contribution in [0.15, 0.2) is 79.4 Å². The predicted octanol–water partition coefficient (Wildman–Crippen LogP) is 4.43. The molecule has 1 amide bonds. The average molecular weight is 442 g/mol. The van der Waals surface area contributed by atoms with Crippen molar-refractivity contribution in [1.82, 2.24) is 24.6 Å². The molecule has 33 heavy (non-hydrogen) atoms. The first-order valence-corrected chi connectivity index (χ1v) is 11.1. The molecule has 6 nitrogen and oxygen atoms in total. The van der Waals surface area contributed by atoms with Gasteiger partial charge in [-0.2, -0.15) is 5.10 Å². The van der Waals surface area contributed by atoms with E-state index in [1.54, 1.807) is 24.7 Å². The molecular formula is C26H24FN5O. The second-order valence-corrected chi connectivity index (χ2v) is 8.30. The van der Waals surface area contributed by atoms with E-state index in [4.69, 9.17) is 4.98 Å². The van der Waals surface area contributed by atoms with Gasteiger partial charge < -0.3 is 4.90 Å². The Morgan fingerprint density at radius 3 is 2.79 bits per heavy atom. The van der Waals surface area contributed by atoms with E-state index >= 15 is 0 Å². The summed E-state index contributed by atoms with van der Waals surface area (Å²) in [6.45, 7) is 1.30. The van der Waals surface area contributed by atoms with Gasteiger partial charge in [-0.3, -0.25) is 19.4 Å². The minimum absolute atomic E-state index is 0.00264. The number of amides is 1. The van der Waals surface area contributed by atoms with Crippen LogP contribution >= 0.6 is 0 Å². The summed E-state index contributed by atoms with van der Waals surface area (Å²) in [7, 11) is 0. The van der Waals surface area contributed by atoms with E-state index in [0.717, 1.165) is 35.4 Å². The zero-order valence-corrected chi connectivity index (χ0v) is 18.1. The van der Waals surface area contributed by atoms with Crippen LogP contribution in [-0.2, 0) is 13.0 Å². The lowest BCUT2D eigenvalue weighted by molar-refractivity contribution is 0.0732. The summed E-state index contributed by atoms with van der Waals surface area (Å²) in [6, 6.07) is 16.0. The van der Waals surface area contributed by atoms with Crippen LogP contribution in [0, 0.1) is 5.82 Å². The fourth-order valence-electron chi connectivity index (χ4n) is 4.39. The van der Waals surface area contributed by atoms with Gasteiger partial charge in [0.1, 0.15) is 5.82 Å². The molecular weight excluding hydrogens is 417 g/mol. The van der Waals surface area contributed by atoms with Crippen molar-refractivity contribution in [3.8, 4) is 0 Å². The normalized spacial score (nSPS) is 15.7. The number of carbonyl (C=O) groups excluding carboxylic acids is 1. The quantitative estimate of drug-likeness (QED) is 0.444. The standard InChI is InChI=1S/C26H24FN5O/c27-22-8-2-5-19(14-22)15-23-16-28-17-24(30-23)25-9-3-12-32(25)26(33)21-7-1-6-20(13-21)18-31-11-4-10-29-31/h1-2,4-8,10-11,13-14,16-17,25H,3,9,12,15,18H2. The highest BCUT2D eigenvalue weighted by Crippen LogP contribution is 2.32. The van der Waals surface area contributed by atoms with E-state index in [-0.39, 0.29) is 17.8 Å². The highest BCUT2D eigenvalue weighted by molar-refractivity contribution is 5.94. The minimum Gasteiger partial charge on any atom is -0.330 e. The number of hydrogen-bond donors (Lipinski definition) is 0. The highest BCUT2D eigenvalue weighted by atomic mass is 19.1. The first kappa shape index (κ1) is 21.0. The number of aromatic nitrogens is 4. The van der Waals surface area contributed by atoms with E-state index in [9.17, 15) is 9.18 Å². The molecule has 2 aromatic heterocycles. The maximum absolute atomic E-state index is 13.5. The summed E-state index contributed by atoms with van der Waals surface area (Å²) in [5.74, 6) is -0.267. The SMILES string of the molecule is O=C(c1cccc(Cn2cccn2)c1)N1CCCC1c1cncc(Cc2cccc(F)c2)n1. The number of carbonyl (C=O) groups is 1. The molecule has 5 rings (SSSR count). The van der Waals surface area contributed by atoms with Gasteiger partial charge in [0.2, 0.25) is 0 Å². The number of benzene rings is 2. The van der Waals surface area contributed by atoms with E-state index in [1.165, 1.54) is 12.1 Å². The summed E-state index contributed by atoms with van der Waals surface area (Å²) in [5.41, 5.74) is 4.07. The summed E-state index contributed by atoms with van der Waals surface area (Å²) in [5, 5.41) is 4.24. The molecule has 4 aromatic rings. The third-order valence-corrected chi connectivity index (χ3v) is 5.91. The molecule has 0 N–H and O–H groups in total. The lowest BCUT2D eigenvalue weighted by Crippen LogP contribution is -2.31. The summed E-state index contributed by atoms with van der Waals surface area (Å²) < 4.78 is 15.4. The van der Waals surface area contributed by atoms with E-state index in [1.807, 2.05) is 52.2 Å². The summed E-state index contributed by atoms with van der Waals surface area (Å²) in [6.07, 6.45) is 9.34. The second-order valence-electron chi connectivity index (χ2n) is 8.30. The van der Waals surface area contributed by atoms with Crippen LogP contribution in [0.1, 0.15) is 51.8 Å². The van der Waals surface area contributed by atoms with Gasteiger partial charge in [0, 0.05) is 37.1 Å². The number of halogens is 1. The van der Waals surface area contributed by atoms with Gasteiger partial charge in [0.15, 0.2) is 0 Å². The van der Waals surface area contributed by atoms with Crippen molar-refractivity contribution in [3.05, 3.63) is 113 Å². The first-order chi connectivity index (χ1) is 16.2. The highest BCUT2D eigenvalue weighted by Gasteiger charge is 2.32. The van der Waals surface area contributed by atoms with Gasteiger partial charge in [-0.15, -0.1) is 0 Å². The third kappa shape index (κ3) is 4.82. The molecule has 3 heterocycles. The van der Waals surface area contributed by atoms with Crippen LogP contribution in [-0.4, -0.2) is 37.1 Å². The number of likely N-dealkylation sites (tertiary alicyclic amines) is 1. The largest absolute Gasteiger partial charge is 0.330 e. The van der Waals surface area contributed by atoms with Gasteiger partial charge in [-0.25, -0.2) is 4.39 Å². The van der Waals surface area contributed by atoms with Crippen molar-refractivity contribution in [3.63, 3.8) is 0 Å². The van der Waals surface area contributed by atoms with Crippen LogP contribution in [0.25, 0.3) is 0 Å². The lowest BCUT2D eigenvalue weighted by atomic mass is 10.1. The topological polar surface area (TPSA) is 63.9 Å². The number of nitrogens with zero attached hydrogens (tertiary/aromatic N) is 5. The third-order valence-electron chi connectivity index (χ3n) is 5.91. The van der Waals surface area contributed by atoms with Crippen molar-refractivity contribution < 1.29 is 9.18 Å². The fourth-order valence-corrected chi connectivity index (χ4v) is 4.39. The van der Waals surface area contributed by atoms with Gasteiger partial charge >= 0.3 is 0 Å². The lowest BCUT2D eigenvalue weighted by Gasteiger charge is -2.24. The maximum Gasteiger partial charge on any atom is 0.254 e. The van der Waals surface area contributed by atoms with Crippen LogP contribution in [0.3, 0.4) is 0 Å². The second kappa shape index (κ2) is 9.32. The molecule has 1 aliphatic heterocycles. The molecule has 1 atom stereocenters. The van der Waals surface area contributed by atoms with Crippen molar-refractivity contribution in [1.29, 1.82) is 0 Å². The number of hydrogen-bond acceptors (Lipinski definition) is 4. The Morgan fingerprint density at radius 1 is 1.06 bits per heavy atom. The number of rotatable bonds is 6. The Hall–Kier alpha value is -3.87. The van der Waals surface area contributed by atoms with Crippen LogP contribution in [0.4, 0.5) is 4.39 Å². The molecule has 0 spiro atoms.